The van der Waals surface area contributed by atoms with Gasteiger partial charge in [-0.05, 0) is 32.9 Å². The van der Waals surface area contributed by atoms with E-state index < -0.39 is 45.9 Å². The SMILES string of the molecule is C\C(F)=C/C(=C\C(F)=C\NC(=O)CN)S(=O)NC(C)SC=NC(C)C(=O)O. The number of rotatable bonds is 11. The van der Waals surface area contributed by atoms with Gasteiger partial charge in [-0.25, -0.2) is 22.5 Å². The number of carboxylic acid groups (broad SMARTS) is 1. The maximum atomic E-state index is 13.8. The van der Waals surface area contributed by atoms with Crippen LogP contribution in [0.3, 0.4) is 0 Å². The third kappa shape index (κ3) is 12.2. The van der Waals surface area contributed by atoms with E-state index in [0.29, 0.717) is 6.20 Å². The van der Waals surface area contributed by atoms with Crippen LogP contribution in [0.25, 0.3) is 0 Å². The van der Waals surface area contributed by atoms with E-state index in [1.165, 1.54) is 12.5 Å². The molecule has 0 saturated heterocycles. The van der Waals surface area contributed by atoms with Gasteiger partial charge in [0.1, 0.15) is 22.9 Å². The van der Waals surface area contributed by atoms with Crippen molar-refractivity contribution >= 4 is 40.2 Å². The molecule has 0 rings (SSSR count). The van der Waals surface area contributed by atoms with Crippen LogP contribution in [-0.2, 0) is 20.6 Å². The van der Waals surface area contributed by atoms with Crippen LogP contribution in [0.4, 0.5) is 8.78 Å². The Bertz CT molecular complexity index is 677. The van der Waals surface area contributed by atoms with Crippen molar-refractivity contribution in [3.63, 3.8) is 0 Å². The summed E-state index contributed by atoms with van der Waals surface area (Å²) in [6.45, 7) is 3.76. The third-order valence-electron chi connectivity index (χ3n) is 2.57. The second-order valence-corrected chi connectivity index (χ2v) is 7.45. The Hall–Kier alpha value is -1.89. The quantitative estimate of drug-likeness (QED) is 0.172. The van der Waals surface area contributed by atoms with Crippen LogP contribution in [0.2, 0.25) is 0 Å². The summed E-state index contributed by atoms with van der Waals surface area (Å²) in [6, 6.07) is -0.925. The minimum absolute atomic E-state index is 0.214. The molecule has 3 unspecified atom stereocenters. The normalized spacial score (nSPS) is 16.9. The molecule has 0 radical (unpaired) electrons. The van der Waals surface area contributed by atoms with Crippen molar-refractivity contribution in [3.05, 3.63) is 34.9 Å². The lowest BCUT2D eigenvalue weighted by Crippen LogP contribution is -2.26. The Morgan fingerprint density at radius 2 is 1.96 bits per heavy atom. The summed E-state index contributed by atoms with van der Waals surface area (Å²) >= 11 is 1.04. The number of aliphatic imine (C=N–C) groups is 1. The molecule has 0 aromatic heterocycles. The number of amides is 1. The summed E-state index contributed by atoms with van der Waals surface area (Å²) in [7, 11) is -1.99. The molecule has 5 N–H and O–H groups in total. The van der Waals surface area contributed by atoms with Crippen LogP contribution in [0.15, 0.2) is 39.9 Å². The van der Waals surface area contributed by atoms with Crippen molar-refractivity contribution in [3.8, 4) is 0 Å². The summed E-state index contributed by atoms with van der Waals surface area (Å²) in [5.41, 5.74) is 6.35. The predicted molar refractivity (Wildman–Crippen MR) is 103 cm³/mol. The van der Waals surface area contributed by atoms with E-state index in [2.05, 4.69) is 15.0 Å². The molecule has 0 heterocycles. The molecule has 0 fully saturated rings. The van der Waals surface area contributed by atoms with Gasteiger partial charge in [0.2, 0.25) is 5.91 Å². The number of halogens is 2. The van der Waals surface area contributed by atoms with Crippen LogP contribution >= 0.6 is 11.8 Å². The highest BCUT2D eigenvalue weighted by Crippen LogP contribution is 2.14. The van der Waals surface area contributed by atoms with Gasteiger partial charge in [-0.2, -0.15) is 0 Å². The molecular weight excluding hydrogens is 402 g/mol. The number of nitrogens with one attached hydrogen (secondary N) is 2. The van der Waals surface area contributed by atoms with Crippen molar-refractivity contribution in [2.24, 2.45) is 10.7 Å². The molecule has 0 aliphatic carbocycles. The fourth-order valence-corrected chi connectivity index (χ4v) is 3.11. The number of aliphatic carboxylic acids is 1. The second-order valence-electron chi connectivity index (χ2n) is 5.01. The molecule has 152 valence electrons. The first-order valence-electron chi connectivity index (χ1n) is 7.55. The number of carbonyl (C=O) groups is 2. The molecule has 8 nitrogen and oxygen atoms in total. The Morgan fingerprint density at radius 1 is 1.33 bits per heavy atom. The number of hydrogen-bond donors (Lipinski definition) is 4. The number of allylic oxidation sites excluding steroid dienone is 4. The molecule has 1 amide bonds. The molecule has 0 aliphatic heterocycles. The number of thioether (sulfide) groups is 1. The first-order chi connectivity index (χ1) is 12.6. The summed E-state index contributed by atoms with van der Waals surface area (Å²) < 4.78 is 41.9. The monoisotopic (exact) mass is 424 g/mol. The average molecular weight is 424 g/mol. The van der Waals surface area contributed by atoms with Crippen LogP contribution in [0, 0.1) is 0 Å². The van der Waals surface area contributed by atoms with E-state index in [4.69, 9.17) is 10.8 Å². The lowest BCUT2D eigenvalue weighted by atomic mass is 10.4. The molecule has 0 spiro atoms. The number of carboxylic acids is 1. The van der Waals surface area contributed by atoms with Gasteiger partial charge in [-0.1, -0.05) is 11.8 Å². The zero-order valence-corrected chi connectivity index (χ0v) is 16.6. The molecule has 3 atom stereocenters. The van der Waals surface area contributed by atoms with Crippen LogP contribution in [-0.4, -0.2) is 44.7 Å². The third-order valence-corrected chi connectivity index (χ3v) is 4.72. The van der Waals surface area contributed by atoms with Gasteiger partial charge in [-0.15, -0.1) is 0 Å². The van der Waals surface area contributed by atoms with Crippen molar-refractivity contribution in [1.29, 1.82) is 0 Å². The molecular formula is C15H22F2N4O4S2. The first-order valence-corrected chi connectivity index (χ1v) is 9.64. The minimum Gasteiger partial charge on any atom is -0.480 e. The molecule has 0 aromatic rings. The van der Waals surface area contributed by atoms with E-state index in [1.807, 2.05) is 0 Å². The number of hydrogen-bond acceptors (Lipinski definition) is 6. The molecule has 0 aliphatic rings. The van der Waals surface area contributed by atoms with Gasteiger partial charge in [0.25, 0.3) is 0 Å². The van der Waals surface area contributed by atoms with Gasteiger partial charge >= 0.3 is 5.97 Å². The van der Waals surface area contributed by atoms with Gasteiger partial charge < -0.3 is 16.2 Å². The van der Waals surface area contributed by atoms with Gasteiger partial charge in [0.15, 0.2) is 0 Å². The topological polar surface area (TPSA) is 134 Å². The van der Waals surface area contributed by atoms with Crippen molar-refractivity contribution in [2.75, 3.05) is 6.54 Å². The lowest BCUT2D eigenvalue weighted by molar-refractivity contribution is -0.138. The number of nitrogens with zero attached hydrogens (tertiary/aromatic N) is 1. The highest BCUT2D eigenvalue weighted by Gasteiger charge is 2.12. The lowest BCUT2D eigenvalue weighted by Gasteiger charge is -2.11. The largest absolute Gasteiger partial charge is 0.480 e. The van der Waals surface area contributed by atoms with Crippen molar-refractivity contribution in [2.45, 2.75) is 32.2 Å². The Kier molecular flexibility index (Phi) is 12.4. The van der Waals surface area contributed by atoms with Gasteiger partial charge in [0.05, 0.1) is 28.2 Å². The Labute approximate surface area is 162 Å². The minimum atomic E-state index is -1.99. The van der Waals surface area contributed by atoms with E-state index in [0.717, 1.165) is 30.8 Å². The zero-order valence-electron chi connectivity index (χ0n) is 14.9. The Balaban J connectivity index is 5.07. The fraction of sp³-hybridized carbons (Fsp3) is 0.400. The summed E-state index contributed by atoms with van der Waals surface area (Å²) in [5, 5.41) is 10.3. The summed E-state index contributed by atoms with van der Waals surface area (Å²) in [4.78, 5) is 25.2. The van der Waals surface area contributed by atoms with E-state index in [9.17, 15) is 22.6 Å². The standard InChI is InChI=1S/C15H22F2N4O4S2/c1-9(16)4-13(5-12(17)7-19-14(22)6-18)27(25)21-11(3)26-8-20-10(2)15(23)24/h4-5,7-8,10-11,21H,6,18H2,1-3H3,(H,19,22)(H,23,24)/b9-4+,12-7-,13-5+,20-8?. The highest BCUT2D eigenvalue weighted by molar-refractivity contribution is 8.12. The number of carbonyl (C=O) groups excluding carboxylic acids is 1. The predicted octanol–water partition coefficient (Wildman–Crippen LogP) is 1.46. The fourth-order valence-electron chi connectivity index (χ4n) is 1.26. The van der Waals surface area contributed by atoms with Crippen LogP contribution in [0.1, 0.15) is 20.8 Å². The van der Waals surface area contributed by atoms with Gasteiger partial charge in [0, 0.05) is 6.20 Å². The van der Waals surface area contributed by atoms with Crippen molar-refractivity contribution < 1.29 is 27.7 Å². The molecule has 0 aromatic carbocycles. The summed E-state index contributed by atoms with van der Waals surface area (Å²) in [5.74, 6) is -3.38. The van der Waals surface area contributed by atoms with Crippen LogP contribution in [0.5, 0.6) is 0 Å². The molecule has 27 heavy (non-hydrogen) atoms. The van der Waals surface area contributed by atoms with Crippen LogP contribution < -0.4 is 15.8 Å². The maximum Gasteiger partial charge on any atom is 0.328 e. The maximum absolute atomic E-state index is 13.8. The number of nitrogens with two attached hydrogens (primary N) is 1. The smallest absolute Gasteiger partial charge is 0.328 e. The molecule has 0 saturated carbocycles. The van der Waals surface area contributed by atoms with E-state index >= 15 is 0 Å². The molecule has 12 heteroatoms. The molecule has 0 bridgehead atoms. The van der Waals surface area contributed by atoms with Gasteiger partial charge in [-0.3, -0.25) is 9.79 Å². The van der Waals surface area contributed by atoms with E-state index in [-0.39, 0.29) is 11.4 Å². The van der Waals surface area contributed by atoms with Crippen molar-refractivity contribution in [1.82, 2.24) is 10.0 Å². The second kappa shape index (κ2) is 13.3. The average Bonchev–Trinajstić information content (AvgIpc) is 2.58. The Morgan fingerprint density at radius 3 is 2.48 bits per heavy atom. The highest BCUT2D eigenvalue weighted by atomic mass is 32.2. The first kappa shape index (κ1) is 25.1. The summed E-state index contributed by atoms with van der Waals surface area (Å²) in [6.07, 6.45) is 2.38. The van der Waals surface area contributed by atoms with E-state index in [1.54, 1.807) is 6.92 Å². The zero-order chi connectivity index (χ0) is 21.0.